The van der Waals surface area contributed by atoms with Crippen LogP contribution >= 0.6 is 0 Å². The molecule has 0 saturated heterocycles. The molecule has 2 nitrogen and oxygen atoms in total. The van der Waals surface area contributed by atoms with Crippen LogP contribution in [0.3, 0.4) is 0 Å². The molecule has 2 rings (SSSR count). The highest BCUT2D eigenvalue weighted by Crippen LogP contribution is 2.22. The minimum absolute atomic E-state index is 0.985. The highest BCUT2D eigenvalue weighted by atomic mass is 15.1. The van der Waals surface area contributed by atoms with Crippen LogP contribution in [0.5, 0.6) is 0 Å². The van der Waals surface area contributed by atoms with Gasteiger partial charge in [-0.3, -0.25) is 0 Å². The second-order valence-corrected chi connectivity index (χ2v) is 3.75. The summed E-state index contributed by atoms with van der Waals surface area (Å²) in [5, 5.41) is 8.42. The molecule has 0 bridgehead atoms. The summed E-state index contributed by atoms with van der Waals surface area (Å²) in [5.41, 5.74) is 5.56. The van der Waals surface area contributed by atoms with E-state index in [9.17, 15) is 0 Å². The second-order valence-electron chi connectivity index (χ2n) is 3.75. The van der Waals surface area contributed by atoms with E-state index in [1.807, 2.05) is 52.8 Å². The molecule has 0 aliphatic rings. The Morgan fingerprint density at radius 2 is 1.21 bits per heavy atom. The van der Waals surface area contributed by atoms with Crippen molar-refractivity contribution in [2.75, 3.05) is 0 Å². The van der Waals surface area contributed by atoms with Crippen LogP contribution in [-0.2, 0) is 0 Å². The first-order valence-electron chi connectivity index (χ1n) is 7.06. The summed E-state index contributed by atoms with van der Waals surface area (Å²) in [4.78, 5) is 0. The van der Waals surface area contributed by atoms with Gasteiger partial charge >= 0.3 is 0 Å². The minimum Gasteiger partial charge on any atom is -0.155 e. The molecule has 0 radical (unpaired) electrons. The van der Waals surface area contributed by atoms with Crippen LogP contribution in [-0.4, -0.2) is 10.2 Å². The van der Waals surface area contributed by atoms with Crippen LogP contribution in [0.4, 0.5) is 0 Å². The number of aryl methyl sites for hydroxylation is 1. The predicted octanol–water partition coefficient (Wildman–Crippen LogP) is 5.12. The maximum atomic E-state index is 4.26. The number of hydrogen-bond acceptors (Lipinski definition) is 2. The average molecular weight is 258 g/mol. The van der Waals surface area contributed by atoms with Gasteiger partial charge in [0.05, 0.1) is 11.4 Å². The lowest BCUT2D eigenvalue weighted by atomic mass is 10.0. The largest absolute Gasteiger partial charge is 0.155 e. The lowest BCUT2D eigenvalue weighted by molar-refractivity contribution is 0.952. The topological polar surface area (TPSA) is 25.8 Å². The van der Waals surface area contributed by atoms with Crippen molar-refractivity contribution in [3.8, 4) is 11.3 Å². The van der Waals surface area contributed by atoms with E-state index < -0.39 is 0 Å². The van der Waals surface area contributed by atoms with Gasteiger partial charge in [0.1, 0.15) is 0 Å². The van der Waals surface area contributed by atoms with Gasteiger partial charge in [-0.2, -0.15) is 5.10 Å². The van der Waals surface area contributed by atoms with Crippen LogP contribution in [0.25, 0.3) is 11.3 Å². The number of benzene rings is 1. The van der Waals surface area contributed by atoms with Crippen LogP contribution in [0, 0.1) is 20.8 Å². The average Bonchev–Trinajstić information content (AvgIpc) is 2.50. The molecule has 0 amide bonds. The first kappa shape index (κ1) is 17.3. The third-order valence-electron chi connectivity index (χ3n) is 2.81. The molecule has 0 saturated carbocycles. The van der Waals surface area contributed by atoms with Crippen molar-refractivity contribution in [2.24, 2.45) is 0 Å². The van der Waals surface area contributed by atoms with Gasteiger partial charge in [0, 0.05) is 5.56 Å². The van der Waals surface area contributed by atoms with E-state index >= 15 is 0 Å². The zero-order chi connectivity index (χ0) is 14.8. The Balaban J connectivity index is 0.000000741. The third-order valence-corrected chi connectivity index (χ3v) is 2.81. The fourth-order valence-corrected chi connectivity index (χ4v) is 1.59. The fraction of sp³-hybridized carbons (Fsp3) is 0.412. The maximum absolute atomic E-state index is 4.26. The first-order valence-corrected chi connectivity index (χ1v) is 7.06. The lowest BCUT2D eigenvalue weighted by Gasteiger charge is -2.08. The number of aromatic nitrogens is 2. The van der Waals surface area contributed by atoms with Crippen LogP contribution < -0.4 is 0 Å². The second kappa shape index (κ2) is 9.26. The third kappa shape index (κ3) is 4.47. The fourth-order valence-electron chi connectivity index (χ4n) is 1.59. The molecule has 0 atom stereocenters. The van der Waals surface area contributed by atoms with E-state index in [1.54, 1.807) is 0 Å². The van der Waals surface area contributed by atoms with Crippen LogP contribution in [0.15, 0.2) is 30.3 Å². The molecule has 1 aromatic carbocycles. The molecular weight excluding hydrogens is 232 g/mol. The van der Waals surface area contributed by atoms with Gasteiger partial charge in [0.2, 0.25) is 0 Å². The Labute approximate surface area is 117 Å². The van der Waals surface area contributed by atoms with E-state index in [1.165, 1.54) is 11.1 Å². The molecule has 1 aromatic heterocycles. The molecular formula is C17H26N2. The van der Waals surface area contributed by atoms with Gasteiger partial charge in [0.25, 0.3) is 0 Å². The van der Waals surface area contributed by atoms with E-state index in [-0.39, 0.29) is 0 Å². The van der Waals surface area contributed by atoms with Crippen molar-refractivity contribution in [3.05, 3.63) is 47.2 Å². The van der Waals surface area contributed by atoms with Crippen LogP contribution in [0.1, 0.15) is 44.5 Å². The molecule has 0 aliphatic carbocycles. The molecule has 19 heavy (non-hydrogen) atoms. The number of nitrogens with zero attached hydrogens (tertiary/aromatic N) is 2. The normalized spacial score (nSPS) is 8.79. The highest BCUT2D eigenvalue weighted by Gasteiger charge is 2.07. The molecule has 104 valence electrons. The summed E-state index contributed by atoms with van der Waals surface area (Å²) >= 11 is 0. The zero-order valence-corrected chi connectivity index (χ0v) is 13.3. The van der Waals surface area contributed by atoms with Gasteiger partial charge in [-0.1, -0.05) is 58.0 Å². The summed E-state index contributed by atoms with van der Waals surface area (Å²) in [6.07, 6.45) is 0. The SMILES string of the molecule is CC.CC.Cc1nnc(-c2ccccc2)c(C)c1C. The van der Waals surface area contributed by atoms with Crippen molar-refractivity contribution >= 4 is 0 Å². The summed E-state index contributed by atoms with van der Waals surface area (Å²) < 4.78 is 0. The quantitative estimate of drug-likeness (QED) is 0.709. The number of hydrogen-bond donors (Lipinski definition) is 0. The summed E-state index contributed by atoms with van der Waals surface area (Å²) in [6.45, 7) is 14.2. The van der Waals surface area contributed by atoms with Crippen LogP contribution in [0.2, 0.25) is 0 Å². The van der Waals surface area contributed by atoms with Crippen molar-refractivity contribution < 1.29 is 0 Å². The molecule has 0 aliphatic heterocycles. The van der Waals surface area contributed by atoms with Crippen molar-refractivity contribution in [1.29, 1.82) is 0 Å². The summed E-state index contributed by atoms with van der Waals surface area (Å²) in [7, 11) is 0. The smallest absolute Gasteiger partial charge is 0.0961 e. The van der Waals surface area contributed by atoms with Gasteiger partial charge in [0.15, 0.2) is 0 Å². The number of rotatable bonds is 1. The minimum atomic E-state index is 0.985. The van der Waals surface area contributed by atoms with E-state index in [4.69, 9.17) is 0 Å². The van der Waals surface area contributed by atoms with Gasteiger partial charge in [-0.05, 0) is 31.9 Å². The standard InChI is InChI=1S/C13H14N2.2C2H6/c1-9-10(2)13(15-14-11(9)3)12-7-5-4-6-8-12;2*1-2/h4-8H,1-3H3;2*1-2H3. The Kier molecular flexibility index (Phi) is 8.43. The molecule has 0 N–H and O–H groups in total. The molecule has 2 aromatic rings. The molecule has 1 heterocycles. The van der Waals surface area contributed by atoms with Crippen molar-refractivity contribution in [1.82, 2.24) is 10.2 Å². The molecule has 2 heteroatoms. The van der Waals surface area contributed by atoms with Crippen molar-refractivity contribution in [2.45, 2.75) is 48.5 Å². The Morgan fingerprint density at radius 1 is 0.684 bits per heavy atom. The van der Waals surface area contributed by atoms with E-state index in [2.05, 4.69) is 36.2 Å². The Morgan fingerprint density at radius 3 is 1.74 bits per heavy atom. The predicted molar refractivity (Wildman–Crippen MR) is 84.4 cm³/mol. The van der Waals surface area contributed by atoms with Gasteiger partial charge in [-0.25, -0.2) is 0 Å². The monoisotopic (exact) mass is 258 g/mol. The van der Waals surface area contributed by atoms with E-state index in [0.29, 0.717) is 0 Å². The Hall–Kier alpha value is -1.70. The first-order chi connectivity index (χ1) is 9.20. The summed E-state index contributed by atoms with van der Waals surface area (Å²) in [6, 6.07) is 10.2. The lowest BCUT2D eigenvalue weighted by Crippen LogP contribution is -1.98. The molecule has 0 unspecified atom stereocenters. The highest BCUT2D eigenvalue weighted by molar-refractivity contribution is 5.63. The maximum Gasteiger partial charge on any atom is 0.0961 e. The zero-order valence-electron chi connectivity index (χ0n) is 13.3. The molecule has 0 spiro atoms. The van der Waals surface area contributed by atoms with Gasteiger partial charge < -0.3 is 0 Å². The Bertz CT molecular complexity index is 476. The van der Waals surface area contributed by atoms with E-state index in [0.717, 1.165) is 17.0 Å². The summed E-state index contributed by atoms with van der Waals surface area (Å²) in [5.74, 6) is 0. The van der Waals surface area contributed by atoms with Gasteiger partial charge in [-0.15, -0.1) is 5.10 Å². The van der Waals surface area contributed by atoms with Crippen molar-refractivity contribution in [3.63, 3.8) is 0 Å². The molecule has 0 fully saturated rings.